The fraction of sp³-hybridized carbons (Fsp3) is 0.250. The second kappa shape index (κ2) is 5.80. The average Bonchev–Trinajstić information content (AvgIpc) is 2.53. The number of aromatic nitrogens is 2. The average molecular weight is 339 g/mol. The van der Waals surface area contributed by atoms with Gasteiger partial charge < -0.3 is 5.32 Å². The minimum atomic E-state index is 0.465. The van der Waals surface area contributed by atoms with Crippen molar-refractivity contribution < 1.29 is 0 Å². The van der Waals surface area contributed by atoms with Crippen molar-refractivity contribution in [3.05, 3.63) is 43.6 Å². The normalized spacial score (nSPS) is 10.8. The van der Waals surface area contributed by atoms with Gasteiger partial charge in [-0.2, -0.15) is 5.10 Å². The smallest absolute Gasteiger partial charge is 0.0865 e. The molecule has 0 saturated heterocycles. The Morgan fingerprint density at radius 3 is 2.21 bits per heavy atom. The van der Waals surface area contributed by atoms with Crippen LogP contribution in [0.3, 0.4) is 0 Å². The molecule has 0 spiro atoms. The Kier molecular flexibility index (Phi) is 4.51. The number of benzene rings is 1. The van der Waals surface area contributed by atoms with Crippen LogP contribution in [0.15, 0.2) is 12.1 Å². The third kappa shape index (κ3) is 3.11. The Morgan fingerprint density at radius 1 is 1.16 bits per heavy atom. The number of nitrogens with one attached hydrogen (secondary N) is 1. The number of hydrogen-bond donors (Lipinski definition) is 1. The van der Waals surface area contributed by atoms with Crippen molar-refractivity contribution in [1.29, 1.82) is 0 Å². The summed E-state index contributed by atoms with van der Waals surface area (Å²) in [6.07, 6.45) is 0. The van der Waals surface area contributed by atoms with E-state index >= 15 is 0 Å². The molecule has 3 nitrogen and oxygen atoms in total. The van der Waals surface area contributed by atoms with E-state index in [0.717, 1.165) is 11.4 Å². The molecular formula is C12H11Cl4N3. The molecule has 19 heavy (non-hydrogen) atoms. The number of hydrogen-bond acceptors (Lipinski definition) is 2. The van der Waals surface area contributed by atoms with Crippen LogP contribution in [0.25, 0.3) is 0 Å². The number of nitrogens with zero attached hydrogens (tertiary/aromatic N) is 2. The van der Waals surface area contributed by atoms with Gasteiger partial charge in [0.15, 0.2) is 0 Å². The van der Waals surface area contributed by atoms with Gasteiger partial charge in [0.1, 0.15) is 0 Å². The van der Waals surface area contributed by atoms with Crippen molar-refractivity contribution in [3.63, 3.8) is 0 Å². The first-order chi connectivity index (χ1) is 8.90. The zero-order valence-corrected chi connectivity index (χ0v) is 13.3. The van der Waals surface area contributed by atoms with Gasteiger partial charge in [0, 0.05) is 12.1 Å². The second-order valence-electron chi connectivity index (χ2n) is 4.07. The predicted octanol–water partition coefficient (Wildman–Crippen LogP) is 4.95. The van der Waals surface area contributed by atoms with Gasteiger partial charge >= 0.3 is 0 Å². The second-order valence-corrected chi connectivity index (χ2v) is 5.70. The van der Waals surface area contributed by atoms with Crippen LogP contribution in [0.1, 0.15) is 11.4 Å². The first-order valence-electron chi connectivity index (χ1n) is 5.46. The highest BCUT2D eigenvalue weighted by Gasteiger charge is 2.13. The van der Waals surface area contributed by atoms with Gasteiger partial charge in [0.05, 0.1) is 38.7 Å². The lowest BCUT2D eigenvalue weighted by molar-refractivity contribution is 0.713. The molecule has 0 aliphatic rings. The molecule has 0 amide bonds. The van der Waals surface area contributed by atoms with E-state index in [4.69, 9.17) is 46.4 Å². The van der Waals surface area contributed by atoms with Gasteiger partial charge in [-0.3, -0.25) is 4.68 Å². The van der Waals surface area contributed by atoms with E-state index in [2.05, 4.69) is 10.4 Å². The topological polar surface area (TPSA) is 29.9 Å². The Hall–Kier alpha value is -0.610. The van der Waals surface area contributed by atoms with Gasteiger partial charge in [0.25, 0.3) is 0 Å². The van der Waals surface area contributed by atoms with Crippen LogP contribution in [0.4, 0.5) is 5.69 Å². The molecule has 0 radical (unpaired) electrons. The zero-order chi connectivity index (χ0) is 14.2. The van der Waals surface area contributed by atoms with Gasteiger partial charge in [-0.1, -0.05) is 46.4 Å². The van der Waals surface area contributed by atoms with Crippen molar-refractivity contribution in [1.82, 2.24) is 9.78 Å². The van der Waals surface area contributed by atoms with Crippen LogP contribution < -0.4 is 5.32 Å². The Balaban J connectivity index is 2.24. The summed E-state index contributed by atoms with van der Waals surface area (Å²) in [6, 6.07) is 3.26. The number of halogens is 4. The molecule has 1 aromatic heterocycles. The summed E-state index contributed by atoms with van der Waals surface area (Å²) < 4.78 is 1.72. The summed E-state index contributed by atoms with van der Waals surface area (Å²) >= 11 is 24.2. The summed E-state index contributed by atoms with van der Waals surface area (Å²) in [6.45, 7) is 2.32. The summed E-state index contributed by atoms with van der Waals surface area (Å²) in [5.41, 5.74) is 2.28. The van der Waals surface area contributed by atoms with Crippen molar-refractivity contribution in [2.75, 3.05) is 5.32 Å². The van der Waals surface area contributed by atoms with Crippen LogP contribution in [0.5, 0.6) is 0 Å². The molecule has 1 aromatic carbocycles. The fourth-order valence-corrected chi connectivity index (χ4v) is 2.93. The van der Waals surface area contributed by atoms with Crippen molar-refractivity contribution in [2.24, 2.45) is 7.05 Å². The molecule has 0 saturated carbocycles. The minimum absolute atomic E-state index is 0.465. The summed E-state index contributed by atoms with van der Waals surface area (Å²) in [5.74, 6) is 0. The monoisotopic (exact) mass is 337 g/mol. The van der Waals surface area contributed by atoms with Crippen LogP contribution >= 0.6 is 46.4 Å². The van der Waals surface area contributed by atoms with Gasteiger partial charge in [-0.15, -0.1) is 0 Å². The molecule has 1 heterocycles. The lowest BCUT2D eigenvalue weighted by Crippen LogP contribution is -2.06. The van der Waals surface area contributed by atoms with Crippen molar-refractivity contribution >= 4 is 52.1 Å². The number of rotatable bonds is 3. The standard InChI is InChI=1S/C12H11Cl4N3/c1-6-11(16)10(19(2)18-6)5-17-12-8(14)3-7(13)4-9(12)15/h3-4,17H,5H2,1-2H3. The first-order valence-corrected chi connectivity index (χ1v) is 6.97. The van der Waals surface area contributed by atoms with Gasteiger partial charge in [-0.25, -0.2) is 0 Å². The largest absolute Gasteiger partial charge is 0.377 e. The number of aryl methyl sites for hydroxylation is 2. The maximum absolute atomic E-state index is 6.17. The molecule has 0 aliphatic heterocycles. The highest BCUT2D eigenvalue weighted by molar-refractivity contribution is 6.41. The summed E-state index contributed by atoms with van der Waals surface area (Å²) in [5, 5.41) is 9.45. The van der Waals surface area contributed by atoms with Crippen LogP contribution in [-0.2, 0) is 13.6 Å². The van der Waals surface area contributed by atoms with Gasteiger partial charge in [-0.05, 0) is 19.1 Å². The highest BCUT2D eigenvalue weighted by Crippen LogP contribution is 2.34. The van der Waals surface area contributed by atoms with E-state index in [1.54, 1.807) is 16.8 Å². The molecule has 1 N–H and O–H groups in total. The molecule has 0 aliphatic carbocycles. The molecule has 2 rings (SSSR count). The van der Waals surface area contributed by atoms with E-state index < -0.39 is 0 Å². The van der Waals surface area contributed by atoms with Crippen molar-refractivity contribution in [2.45, 2.75) is 13.5 Å². The Bertz CT molecular complexity index is 599. The molecule has 102 valence electrons. The third-order valence-electron chi connectivity index (χ3n) is 2.70. The van der Waals surface area contributed by atoms with Crippen molar-refractivity contribution in [3.8, 4) is 0 Å². The maximum Gasteiger partial charge on any atom is 0.0865 e. The molecular weight excluding hydrogens is 328 g/mol. The lowest BCUT2D eigenvalue weighted by Gasteiger charge is -2.11. The van der Waals surface area contributed by atoms with Crippen LogP contribution in [-0.4, -0.2) is 9.78 Å². The fourth-order valence-electron chi connectivity index (χ4n) is 1.76. The van der Waals surface area contributed by atoms with E-state index in [9.17, 15) is 0 Å². The van der Waals surface area contributed by atoms with Crippen LogP contribution in [0, 0.1) is 6.92 Å². The molecule has 0 fully saturated rings. The Morgan fingerprint density at radius 2 is 1.74 bits per heavy atom. The van der Waals surface area contributed by atoms with E-state index in [1.165, 1.54) is 0 Å². The van der Waals surface area contributed by atoms with Crippen LogP contribution in [0.2, 0.25) is 20.1 Å². The van der Waals surface area contributed by atoms with E-state index in [-0.39, 0.29) is 0 Å². The molecule has 7 heteroatoms. The summed E-state index contributed by atoms with van der Waals surface area (Å²) in [7, 11) is 1.83. The summed E-state index contributed by atoms with van der Waals surface area (Å²) in [4.78, 5) is 0. The zero-order valence-electron chi connectivity index (χ0n) is 10.3. The SMILES string of the molecule is Cc1nn(C)c(CNc2c(Cl)cc(Cl)cc2Cl)c1Cl. The Labute approximate surface area is 131 Å². The van der Waals surface area contributed by atoms with E-state index in [1.807, 2.05) is 14.0 Å². The third-order valence-corrected chi connectivity index (χ3v) is 4.01. The predicted molar refractivity (Wildman–Crippen MR) is 81.8 cm³/mol. The molecule has 0 bridgehead atoms. The number of anilines is 1. The minimum Gasteiger partial charge on any atom is -0.377 e. The molecule has 2 aromatic rings. The maximum atomic E-state index is 6.17. The quantitative estimate of drug-likeness (QED) is 0.857. The lowest BCUT2D eigenvalue weighted by atomic mass is 10.3. The molecule has 0 atom stereocenters. The first kappa shape index (κ1) is 14.8. The van der Waals surface area contributed by atoms with E-state index in [0.29, 0.717) is 32.3 Å². The molecule has 0 unspecified atom stereocenters. The highest BCUT2D eigenvalue weighted by atomic mass is 35.5. The van der Waals surface area contributed by atoms with Gasteiger partial charge in [0.2, 0.25) is 0 Å².